The molecule has 2 saturated heterocycles. The Morgan fingerprint density at radius 3 is 2.44 bits per heavy atom. The van der Waals surface area contributed by atoms with Crippen molar-refractivity contribution in [1.82, 2.24) is 9.80 Å². The van der Waals surface area contributed by atoms with Crippen LogP contribution < -0.4 is 5.73 Å². The fourth-order valence-electron chi connectivity index (χ4n) is 13.6. The van der Waals surface area contributed by atoms with Crippen LogP contribution in [0, 0.1) is 56.7 Å². The topological polar surface area (TPSA) is 94.3 Å². The van der Waals surface area contributed by atoms with Gasteiger partial charge in [0.05, 0.1) is 31.5 Å². The summed E-state index contributed by atoms with van der Waals surface area (Å²) in [5.74, 6) is 2.78. The van der Waals surface area contributed by atoms with Crippen LogP contribution >= 0.6 is 0 Å². The van der Waals surface area contributed by atoms with Crippen LogP contribution in [0.4, 0.5) is 4.79 Å². The Balaban J connectivity index is 1.08. The Morgan fingerprint density at radius 1 is 1.02 bits per heavy atom. The first-order chi connectivity index (χ1) is 21.1. The number of carbonyl (C=O) groups is 2. The number of hydrogen-bond acceptors (Lipinski definition) is 5. The van der Waals surface area contributed by atoms with Crippen molar-refractivity contribution in [3.63, 3.8) is 0 Å². The molecule has 12 atom stereocenters. The predicted octanol–water partition coefficient (Wildman–Crippen LogP) is 6.07. The lowest BCUT2D eigenvalue weighted by atomic mass is 9.41. The summed E-state index contributed by atoms with van der Waals surface area (Å²) in [6.45, 7) is 19.0. The van der Waals surface area contributed by atoms with E-state index in [4.69, 9.17) is 19.9 Å². The van der Waals surface area contributed by atoms with E-state index in [1.165, 1.54) is 38.5 Å². The normalized spacial score (nSPS) is 49.7. The average molecular weight is 628 g/mol. The molecule has 8 heteroatoms. The number of amides is 3. The molecule has 0 aromatic carbocycles. The Labute approximate surface area is 271 Å². The number of nitrogens with zero attached hydrogens (tertiary/aromatic N) is 2. The Bertz CT molecular complexity index is 1210. The van der Waals surface area contributed by atoms with Crippen molar-refractivity contribution in [3.05, 3.63) is 0 Å². The molecule has 2 aliphatic heterocycles. The highest BCUT2D eigenvalue weighted by molar-refractivity contribution is 5.78. The molecule has 2 spiro atoms. The van der Waals surface area contributed by atoms with Crippen LogP contribution in [0.2, 0.25) is 0 Å². The first-order valence-electron chi connectivity index (χ1n) is 18.3. The van der Waals surface area contributed by atoms with Crippen LogP contribution in [-0.4, -0.2) is 79.6 Å². The number of nitrogens with two attached hydrogens (primary N) is 1. The van der Waals surface area contributed by atoms with Gasteiger partial charge < -0.3 is 29.7 Å². The lowest BCUT2D eigenvalue weighted by Crippen LogP contribution is -2.59. The molecule has 0 aromatic rings. The summed E-state index contributed by atoms with van der Waals surface area (Å²) in [7, 11) is 1.79. The first-order valence-corrected chi connectivity index (χ1v) is 18.3. The van der Waals surface area contributed by atoms with Crippen molar-refractivity contribution in [3.8, 4) is 0 Å². The summed E-state index contributed by atoms with van der Waals surface area (Å²) in [5.41, 5.74) is 7.10. The van der Waals surface area contributed by atoms with Crippen molar-refractivity contribution in [2.45, 2.75) is 131 Å². The van der Waals surface area contributed by atoms with Crippen molar-refractivity contribution in [2.24, 2.45) is 62.4 Å². The SMILES string of the molecule is CC(C)C(=O)N1CCOC(OC2CCC34CC35CCC3(C)C6C(C[C@@]3(C)C5CCC4C2(C)C)OC(CN(C)C(N)=O)C[C@H]6C)C1. The van der Waals surface area contributed by atoms with Gasteiger partial charge in [0, 0.05) is 26.1 Å². The average Bonchev–Trinajstić information content (AvgIpc) is 3.57. The first kappa shape index (κ1) is 32.2. The molecule has 5 saturated carbocycles. The molecule has 7 aliphatic rings. The molecule has 45 heavy (non-hydrogen) atoms. The zero-order chi connectivity index (χ0) is 32.3. The molecule has 0 bridgehead atoms. The minimum absolute atomic E-state index is 0.00117. The van der Waals surface area contributed by atoms with Gasteiger partial charge >= 0.3 is 6.03 Å². The zero-order valence-corrected chi connectivity index (χ0v) is 29.4. The Kier molecular flexibility index (Phi) is 7.55. The number of urea groups is 1. The molecule has 0 radical (unpaired) electrons. The van der Waals surface area contributed by atoms with E-state index < -0.39 is 0 Å². The number of fused-ring (bicyclic) bond motifs is 4. The van der Waals surface area contributed by atoms with Crippen LogP contribution in [0.3, 0.4) is 0 Å². The lowest BCUT2D eigenvalue weighted by molar-refractivity contribution is -0.246. The van der Waals surface area contributed by atoms with Crippen molar-refractivity contribution >= 4 is 11.9 Å². The molecule has 10 unspecified atom stereocenters. The summed E-state index contributed by atoms with van der Waals surface area (Å²) in [5, 5.41) is 0. The minimum atomic E-state index is -0.373. The van der Waals surface area contributed by atoms with Gasteiger partial charge in [-0.15, -0.1) is 0 Å². The van der Waals surface area contributed by atoms with Gasteiger partial charge in [-0.3, -0.25) is 4.79 Å². The molecule has 5 aliphatic carbocycles. The summed E-state index contributed by atoms with van der Waals surface area (Å²) >= 11 is 0. The van der Waals surface area contributed by atoms with Crippen LogP contribution in [0.5, 0.6) is 0 Å². The standard InChI is InChI=1S/C37H61N3O5/c1-22(2)31(41)40-15-16-43-29(20-40)45-28-11-12-36-21-37(36)14-13-34(6)30-23(3)17-24(19-39(8)32(38)42)44-25(30)18-35(34,7)27(37)10-9-26(36)33(28,4)5/h22-30H,9-21H2,1-8H3,(H2,38,42)/t23-,24?,25?,26?,27?,28?,29?,30?,34?,35+,36?,37?/m1/s1. The van der Waals surface area contributed by atoms with E-state index in [1.54, 1.807) is 11.9 Å². The summed E-state index contributed by atoms with van der Waals surface area (Å²) < 4.78 is 19.8. The van der Waals surface area contributed by atoms with Crippen LogP contribution in [-0.2, 0) is 19.0 Å². The number of ether oxygens (including phenoxy) is 3. The van der Waals surface area contributed by atoms with E-state index in [9.17, 15) is 9.59 Å². The van der Waals surface area contributed by atoms with Crippen molar-refractivity contribution < 1.29 is 23.8 Å². The minimum Gasteiger partial charge on any atom is -0.373 e. The van der Waals surface area contributed by atoms with Crippen molar-refractivity contribution in [2.75, 3.05) is 33.3 Å². The lowest BCUT2D eigenvalue weighted by Gasteiger charge is -2.63. The number of rotatable bonds is 5. The van der Waals surface area contributed by atoms with Gasteiger partial charge in [-0.25, -0.2) is 4.79 Å². The number of hydrogen-bond donors (Lipinski definition) is 1. The highest BCUT2D eigenvalue weighted by Gasteiger charge is 2.83. The molecule has 7 fully saturated rings. The van der Waals surface area contributed by atoms with Gasteiger partial charge in [0.25, 0.3) is 0 Å². The van der Waals surface area contributed by atoms with Crippen LogP contribution in [0.25, 0.3) is 0 Å². The van der Waals surface area contributed by atoms with Crippen LogP contribution in [0.15, 0.2) is 0 Å². The molecule has 0 aromatic heterocycles. The molecule has 3 amide bonds. The maximum atomic E-state index is 12.7. The molecule has 254 valence electrons. The molecule has 2 heterocycles. The number of carbonyl (C=O) groups excluding carboxylic acids is 2. The van der Waals surface area contributed by atoms with Gasteiger partial charge in [0.15, 0.2) is 6.29 Å². The highest BCUT2D eigenvalue weighted by Crippen LogP contribution is 2.89. The van der Waals surface area contributed by atoms with E-state index >= 15 is 0 Å². The van der Waals surface area contributed by atoms with Gasteiger partial charge in [-0.05, 0) is 109 Å². The second-order valence-corrected chi connectivity index (χ2v) is 18.2. The quantitative estimate of drug-likeness (QED) is 0.400. The third-order valence-corrected chi connectivity index (χ3v) is 15.7. The van der Waals surface area contributed by atoms with E-state index in [0.717, 1.165) is 25.2 Å². The number of likely N-dealkylation sites (N-methyl/N-ethyl adjacent to an activating group) is 1. The fraction of sp³-hybridized carbons (Fsp3) is 0.946. The molecular weight excluding hydrogens is 566 g/mol. The maximum Gasteiger partial charge on any atom is 0.314 e. The van der Waals surface area contributed by atoms with E-state index in [0.29, 0.717) is 54.8 Å². The molecular formula is C37H61N3O5. The summed E-state index contributed by atoms with van der Waals surface area (Å²) in [6, 6.07) is -0.373. The second-order valence-electron chi connectivity index (χ2n) is 18.2. The zero-order valence-electron chi connectivity index (χ0n) is 29.4. The van der Waals surface area contributed by atoms with Gasteiger partial charge in [-0.2, -0.15) is 0 Å². The molecule has 7 rings (SSSR count). The van der Waals surface area contributed by atoms with Gasteiger partial charge in [0.2, 0.25) is 5.91 Å². The van der Waals surface area contributed by atoms with Crippen molar-refractivity contribution in [1.29, 1.82) is 0 Å². The van der Waals surface area contributed by atoms with Gasteiger partial charge in [-0.1, -0.05) is 48.5 Å². The maximum absolute atomic E-state index is 12.7. The molecule has 2 N–H and O–H groups in total. The van der Waals surface area contributed by atoms with E-state index in [-0.39, 0.29) is 58.7 Å². The Morgan fingerprint density at radius 2 is 1.73 bits per heavy atom. The summed E-state index contributed by atoms with van der Waals surface area (Å²) in [6.07, 6.45) is 11.4. The van der Waals surface area contributed by atoms with E-state index in [1.807, 2.05) is 18.7 Å². The monoisotopic (exact) mass is 627 g/mol. The molecule has 8 nitrogen and oxygen atoms in total. The predicted molar refractivity (Wildman–Crippen MR) is 173 cm³/mol. The number of morpholine rings is 1. The fourth-order valence-corrected chi connectivity index (χ4v) is 13.6. The smallest absolute Gasteiger partial charge is 0.314 e. The largest absolute Gasteiger partial charge is 0.373 e. The second kappa shape index (κ2) is 10.6. The van der Waals surface area contributed by atoms with Crippen LogP contribution in [0.1, 0.15) is 106 Å². The highest BCUT2D eigenvalue weighted by atomic mass is 16.7. The third-order valence-electron chi connectivity index (χ3n) is 15.7. The van der Waals surface area contributed by atoms with Gasteiger partial charge in [0.1, 0.15) is 0 Å². The number of primary amides is 1. The summed E-state index contributed by atoms with van der Waals surface area (Å²) in [4.78, 5) is 28.1. The Hall–Kier alpha value is -1.38. The third kappa shape index (κ3) is 4.46. The van der Waals surface area contributed by atoms with E-state index in [2.05, 4.69) is 34.6 Å².